The predicted molar refractivity (Wildman–Crippen MR) is 56.0 cm³/mol. The van der Waals surface area contributed by atoms with E-state index in [2.05, 4.69) is 26.1 Å². The number of nitrogens with one attached hydrogen (secondary N) is 1. The summed E-state index contributed by atoms with van der Waals surface area (Å²) >= 11 is 0. The topological polar surface area (TPSA) is 72.7 Å². The van der Waals surface area contributed by atoms with E-state index in [0.717, 1.165) is 6.42 Å². The summed E-state index contributed by atoms with van der Waals surface area (Å²) in [6.45, 7) is 6.73. The molecule has 0 aliphatic carbocycles. The summed E-state index contributed by atoms with van der Waals surface area (Å²) in [5.41, 5.74) is 0.108. The second kappa shape index (κ2) is 6.35. The third-order valence-corrected chi connectivity index (χ3v) is 1.82. The van der Waals surface area contributed by atoms with E-state index in [-0.39, 0.29) is 12.0 Å². The molecule has 4 N–H and O–H groups in total. The average molecular weight is 205 g/mol. The molecule has 0 saturated carbocycles. The van der Waals surface area contributed by atoms with Crippen LogP contribution in [0.4, 0.5) is 0 Å². The zero-order valence-electron chi connectivity index (χ0n) is 9.32. The summed E-state index contributed by atoms with van der Waals surface area (Å²) in [4.78, 5) is 0. The van der Waals surface area contributed by atoms with Crippen LogP contribution in [0, 0.1) is 5.41 Å². The molecule has 0 aromatic rings. The number of aliphatic hydroxyl groups excluding tert-OH is 3. The van der Waals surface area contributed by atoms with Crippen LogP contribution in [0.3, 0.4) is 0 Å². The number of hydrogen-bond acceptors (Lipinski definition) is 4. The molecular formula is C10H23NO3. The summed E-state index contributed by atoms with van der Waals surface area (Å²) < 4.78 is 0. The van der Waals surface area contributed by atoms with E-state index >= 15 is 0 Å². The molecule has 4 nitrogen and oxygen atoms in total. The van der Waals surface area contributed by atoms with Crippen LogP contribution in [0.1, 0.15) is 27.2 Å². The second-order valence-corrected chi connectivity index (χ2v) is 4.91. The van der Waals surface area contributed by atoms with Crippen LogP contribution >= 0.6 is 0 Å². The summed E-state index contributed by atoms with van der Waals surface area (Å²) in [6.07, 6.45) is -0.424. The minimum absolute atomic E-state index is 0.108. The van der Waals surface area contributed by atoms with Crippen molar-refractivity contribution in [2.24, 2.45) is 5.41 Å². The molecular weight excluding hydrogens is 182 g/mol. The van der Waals surface area contributed by atoms with Crippen LogP contribution in [0.2, 0.25) is 0 Å². The largest absolute Gasteiger partial charge is 0.394 e. The first-order chi connectivity index (χ1) is 6.35. The SMILES string of the molecule is CC(C)(C)CC(O)CNCC(O)CO. The van der Waals surface area contributed by atoms with Gasteiger partial charge in [-0.3, -0.25) is 0 Å². The lowest BCUT2D eigenvalue weighted by atomic mass is 9.89. The normalized spacial score (nSPS) is 16.7. The Labute approximate surface area is 86.0 Å². The minimum Gasteiger partial charge on any atom is -0.394 e. The van der Waals surface area contributed by atoms with Gasteiger partial charge in [0.1, 0.15) is 0 Å². The Bertz CT molecular complexity index is 145. The molecule has 0 fully saturated rings. The fraction of sp³-hybridized carbons (Fsp3) is 1.00. The van der Waals surface area contributed by atoms with Crippen molar-refractivity contribution in [2.45, 2.75) is 39.4 Å². The smallest absolute Gasteiger partial charge is 0.0894 e. The van der Waals surface area contributed by atoms with Gasteiger partial charge in [0.25, 0.3) is 0 Å². The lowest BCUT2D eigenvalue weighted by Gasteiger charge is -2.22. The van der Waals surface area contributed by atoms with Crippen molar-refractivity contribution < 1.29 is 15.3 Å². The van der Waals surface area contributed by atoms with Crippen molar-refractivity contribution in [2.75, 3.05) is 19.7 Å². The molecule has 0 bridgehead atoms. The van der Waals surface area contributed by atoms with Gasteiger partial charge < -0.3 is 20.6 Å². The van der Waals surface area contributed by atoms with Crippen molar-refractivity contribution in [1.29, 1.82) is 0 Å². The Kier molecular flexibility index (Phi) is 6.27. The van der Waals surface area contributed by atoms with Crippen molar-refractivity contribution in [3.05, 3.63) is 0 Å². The number of hydrogen-bond donors (Lipinski definition) is 4. The molecule has 0 aromatic carbocycles. The molecule has 0 amide bonds. The fourth-order valence-corrected chi connectivity index (χ4v) is 1.26. The molecule has 0 radical (unpaired) electrons. The summed E-state index contributed by atoms with van der Waals surface area (Å²) in [5, 5.41) is 30.0. The molecule has 0 rings (SSSR count). The second-order valence-electron chi connectivity index (χ2n) is 4.91. The third kappa shape index (κ3) is 8.44. The maximum atomic E-state index is 9.56. The van der Waals surface area contributed by atoms with Gasteiger partial charge in [-0.25, -0.2) is 0 Å². The Morgan fingerprint density at radius 3 is 2.00 bits per heavy atom. The summed E-state index contributed by atoms with van der Waals surface area (Å²) in [7, 11) is 0. The first kappa shape index (κ1) is 13.8. The molecule has 0 aliphatic heterocycles. The first-order valence-electron chi connectivity index (χ1n) is 5.03. The monoisotopic (exact) mass is 205 g/mol. The molecule has 0 heterocycles. The van der Waals surface area contributed by atoms with Crippen molar-refractivity contribution in [3.8, 4) is 0 Å². The van der Waals surface area contributed by atoms with Gasteiger partial charge >= 0.3 is 0 Å². The highest BCUT2D eigenvalue weighted by Crippen LogP contribution is 2.20. The predicted octanol–water partition coefficient (Wildman–Crippen LogP) is -0.274. The zero-order valence-corrected chi connectivity index (χ0v) is 9.32. The van der Waals surface area contributed by atoms with E-state index in [4.69, 9.17) is 10.2 Å². The Balaban J connectivity index is 3.50. The number of rotatable bonds is 6. The highest BCUT2D eigenvalue weighted by molar-refractivity contribution is 4.70. The van der Waals surface area contributed by atoms with Crippen LogP contribution in [-0.2, 0) is 0 Å². The molecule has 0 aromatic heterocycles. The molecule has 86 valence electrons. The van der Waals surface area contributed by atoms with E-state index in [9.17, 15) is 5.11 Å². The Hall–Kier alpha value is -0.160. The molecule has 0 aliphatic rings. The van der Waals surface area contributed by atoms with Crippen LogP contribution < -0.4 is 5.32 Å². The molecule has 2 atom stereocenters. The van der Waals surface area contributed by atoms with Gasteiger partial charge in [-0.05, 0) is 11.8 Å². The summed E-state index contributed by atoms with van der Waals surface area (Å²) in [6, 6.07) is 0. The standard InChI is InChI=1S/C10H23NO3/c1-10(2,3)4-8(13)5-11-6-9(14)7-12/h8-9,11-14H,4-7H2,1-3H3. The average Bonchev–Trinajstić information content (AvgIpc) is 2.00. The van der Waals surface area contributed by atoms with E-state index in [0.29, 0.717) is 13.1 Å². The van der Waals surface area contributed by atoms with Crippen LogP contribution in [-0.4, -0.2) is 47.2 Å². The van der Waals surface area contributed by atoms with Gasteiger partial charge in [0.2, 0.25) is 0 Å². The van der Waals surface area contributed by atoms with Gasteiger partial charge in [-0.2, -0.15) is 0 Å². The molecule has 2 unspecified atom stereocenters. The molecule has 0 saturated heterocycles. The van der Waals surface area contributed by atoms with E-state index in [1.807, 2.05) is 0 Å². The third-order valence-electron chi connectivity index (χ3n) is 1.82. The van der Waals surface area contributed by atoms with E-state index in [1.54, 1.807) is 0 Å². The Morgan fingerprint density at radius 1 is 1.07 bits per heavy atom. The van der Waals surface area contributed by atoms with Gasteiger partial charge in [0, 0.05) is 13.1 Å². The maximum Gasteiger partial charge on any atom is 0.0894 e. The van der Waals surface area contributed by atoms with Crippen LogP contribution in [0.25, 0.3) is 0 Å². The van der Waals surface area contributed by atoms with Crippen LogP contribution in [0.5, 0.6) is 0 Å². The van der Waals surface area contributed by atoms with Gasteiger partial charge in [-0.1, -0.05) is 20.8 Å². The molecule has 4 heteroatoms. The van der Waals surface area contributed by atoms with Gasteiger partial charge in [0.05, 0.1) is 18.8 Å². The fourth-order valence-electron chi connectivity index (χ4n) is 1.26. The van der Waals surface area contributed by atoms with Crippen molar-refractivity contribution in [3.63, 3.8) is 0 Å². The lowest BCUT2D eigenvalue weighted by Crippen LogP contribution is -2.36. The minimum atomic E-state index is -0.739. The molecule has 0 spiro atoms. The Morgan fingerprint density at radius 2 is 1.57 bits per heavy atom. The lowest BCUT2D eigenvalue weighted by molar-refractivity contribution is 0.0829. The van der Waals surface area contributed by atoms with Gasteiger partial charge in [-0.15, -0.1) is 0 Å². The quantitative estimate of drug-likeness (QED) is 0.481. The first-order valence-corrected chi connectivity index (χ1v) is 5.03. The van der Waals surface area contributed by atoms with Crippen molar-refractivity contribution in [1.82, 2.24) is 5.32 Å². The van der Waals surface area contributed by atoms with Crippen LogP contribution in [0.15, 0.2) is 0 Å². The number of aliphatic hydroxyl groups is 3. The highest BCUT2D eigenvalue weighted by Gasteiger charge is 2.16. The zero-order chi connectivity index (χ0) is 11.2. The van der Waals surface area contributed by atoms with Crippen molar-refractivity contribution >= 4 is 0 Å². The van der Waals surface area contributed by atoms with Gasteiger partial charge in [0.15, 0.2) is 0 Å². The molecule has 14 heavy (non-hydrogen) atoms. The highest BCUT2D eigenvalue weighted by atomic mass is 16.3. The maximum absolute atomic E-state index is 9.56. The van der Waals surface area contributed by atoms with E-state index < -0.39 is 12.2 Å². The van der Waals surface area contributed by atoms with E-state index in [1.165, 1.54) is 0 Å². The summed E-state index contributed by atoms with van der Waals surface area (Å²) in [5.74, 6) is 0.